The van der Waals surface area contributed by atoms with Crippen molar-refractivity contribution in [2.75, 3.05) is 13.6 Å². The molecule has 0 aliphatic rings. The van der Waals surface area contributed by atoms with Crippen molar-refractivity contribution in [1.82, 2.24) is 5.32 Å². The fourth-order valence-corrected chi connectivity index (χ4v) is 1.76. The Morgan fingerprint density at radius 1 is 1.33 bits per heavy atom. The highest BCUT2D eigenvalue weighted by atomic mass is 19.4. The Balaban J connectivity index is 2.41. The summed E-state index contributed by atoms with van der Waals surface area (Å²) in [7, 11) is 1.60. The van der Waals surface area contributed by atoms with E-state index in [0.29, 0.717) is 18.8 Å². The Hall–Kier alpha value is -2.70. The number of hydrogen-bond acceptors (Lipinski definition) is 3. The third-order valence-electron chi connectivity index (χ3n) is 2.96. The highest BCUT2D eigenvalue weighted by Gasteiger charge is 2.30. The van der Waals surface area contributed by atoms with Gasteiger partial charge in [-0.3, -0.25) is 4.99 Å². The van der Waals surface area contributed by atoms with Gasteiger partial charge in [0.05, 0.1) is 0 Å². The molecule has 1 aromatic carbocycles. The fraction of sp³-hybridized carbons (Fsp3) is 0.235. The second kappa shape index (κ2) is 9.44. The predicted octanol–water partition coefficient (Wildman–Crippen LogP) is 3.33. The number of hydrogen-bond donors (Lipinski definition) is 2. The molecule has 24 heavy (non-hydrogen) atoms. The minimum absolute atomic E-state index is 0.226. The first-order chi connectivity index (χ1) is 11.4. The van der Waals surface area contributed by atoms with Gasteiger partial charge >= 0.3 is 6.36 Å². The number of nitrogens with two attached hydrogens (primary N) is 1. The monoisotopic (exact) mass is 339 g/mol. The second-order valence-corrected chi connectivity index (χ2v) is 4.69. The number of alkyl halides is 3. The minimum atomic E-state index is -4.67. The van der Waals surface area contributed by atoms with E-state index in [1.165, 1.54) is 12.1 Å². The predicted molar refractivity (Wildman–Crippen MR) is 89.8 cm³/mol. The van der Waals surface area contributed by atoms with E-state index in [9.17, 15) is 13.2 Å². The lowest BCUT2D eigenvalue weighted by atomic mass is 10.1. The molecular formula is C17H20F3N3O. The van der Waals surface area contributed by atoms with Gasteiger partial charge in [0.2, 0.25) is 0 Å². The van der Waals surface area contributed by atoms with Crippen LogP contribution in [-0.2, 0) is 6.42 Å². The van der Waals surface area contributed by atoms with Crippen LogP contribution in [0.3, 0.4) is 0 Å². The molecular weight excluding hydrogens is 319 g/mol. The molecule has 0 amide bonds. The van der Waals surface area contributed by atoms with Crippen molar-refractivity contribution < 1.29 is 17.9 Å². The lowest BCUT2D eigenvalue weighted by Gasteiger charge is -2.09. The molecule has 0 aliphatic carbocycles. The summed E-state index contributed by atoms with van der Waals surface area (Å²) in [5.74, 6) is 0.173. The van der Waals surface area contributed by atoms with Crippen LogP contribution in [0.25, 0.3) is 0 Å². The van der Waals surface area contributed by atoms with E-state index in [2.05, 4.69) is 21.6 Å². The smallest absolute Gasteiger partial charge is 0.406 e. The molecule has 7 heteroatoms. The zero-order valence-corrected chi connectivity index (χ0v) is 13.3. The van der Waals surface area contributed by atoms with Crippen LogP contribution < -0.4 is 15.8 Å². The van der Waals surface area contributed by atoms with Crippen LogP contribution in [0.1, 0.15) is 5.56 Å². The highest BCUT2D eigenvalue weighted by molar-refractivity contribution is 5.99. The van der Waals surface area contributed by atoms with Crippen LogP contribution in [0.5, 0.6) is 5.75 Å². The number of nitrogens with zero attached hydrogens (tertiary/aromatic N) is 1. The summed E-state index contributed by atoms with van der Waals surface area (Å²) in [4.78, 5) is 3.86. The Morgan fingerprint density at radius 3 is 2.54 bits per heavy atom. The SMILES string of the molecule is C=C/C(=C/C=C/NCCc1ccc(OC(F)(F)F)cc1)C(N)=NC. The Morgan fingerprint density at radius 2 is 2.00 bits per heavy atom. The van der Waals surface area contributed by atoms with Gasteiger partial charge in [-0.25, -0.2) is 0 Å². The number of ether oxygens (including phenoxy) is 1. The summed E-state index contributed by atoms with van der Waals surface area (Å²) in [5.41, 5.74) is 7.29. The first-order valence-electron chi connectivity index (χ1n) is 7.15. The van der Waals surface area contributed by atoms with Crippen molar-refractivity contribution in [3.8, 4) is 5.75 Å². The third kappa shape index (κ3) is 7.53. The van der Waals surface area contributed by atoms with E-state index in [0.717, 1.165) is 11.1 Å². The van der Waals surface area contributed by atoms with E-state index in [-0.39, 0.29) is 5.75 Å². The first-order valence-corrected chi connectivity index (χ1v) is 7.15. The third-order valence-corrected chi connectivity index (χ3v) is 2.96. The second-order valence-electron chi connectivity index (χ2n) is 4.69. The summed E-state index contributed by atoms with van der Waals surface area (Å²) in [6.07, 6.45) is 2.89. The molecule has 0 heterocycles. The van der Waals surface area contributed by atoms with Crippen LogP contribution >= 0.6 is 0 Å². The van der Waals surface area contributed by atoms with E-state index in [1.54, 1.807) is 43.6 Å². The van der Waals surface area contributed by atoms with Crippen LogP contribution in [0.4, 0.5) is 13.2 Å². The maximum atomic E-state index is 12.1. The summed E-state index contributed by atoms with van der Waals surface area (Å²) in [5, 5.41) is 3.07. The largest absolute Gasteiger partial charge is 0.573 e. The maximum Gasteiger partial charge on any atom is 0.573 e. The lowest BCUT2D eigenvalue weighted by Crippen LogP contribution is -2.17. The summed E-state index contributed by atoms with van der Waals surface area (Å²) >= 11 is 0. The molecule has 0 atom stereocenters. The minimum Gasteiger partial charge on any atom is -0.406 e. The van der Waals surface area contributed by atoms with Gasteiger partial charge in [-0.05, 0) is 42.5 Å². The Labute approximate surface area is 139 Å². The molecule has 0 unspecified atom stereocenters. The molecule has 0 aromatic heterocycles. The van der Waals surface area contributed by atoms with Crippen LogP contribution in [0.2, 0.25) is 0 Å². The van der Waals surface area contributed by atoms with Gasteiger partial charge < -0.3 is 15.8 Å². The van der Waals surface area contributed by atoms with Crippen molar-refractivity contribution >= 4 is 5.84 Å². The van der Waals surface area contributed by atoms with Gasteiger partial charge in [-0.15, -0.1) is 13.2 Å². The zero-order chi connectivity index (χ0) is 18.0. The van der Waals surface area contributed by atoms with Gasteiger partial charge in [0, 0.05) is 19.2 Å². The van der Waals surface area contributed by atoms with Gasteiger partial charge in [0.15, 0.2) is 0 Å². The van der Waals surface area contributed by atoms with Crippen LogP contribution in [0, 0.1) is 0 Å². The molecule has 0 aliphatic heterocycles. The van der Waals surface area contributed by atoms with Gasteiger partial charge in [0.1, 0.15) is 11.6 Å². The molecule has 0 saturated carbocycles. The van der Waals surface area contributed by atoms with Crippen molar-refractivity contribution in [3.63, 3.8) is 0 Å². The van der Waals surface area contributed by atoms with E-state index in [4.69, 9.17) is 5.73 Å². The number of benzene rings is 1. The average Bonchev–Trinajstić information content (AvgIpc) is 2.53. The Bertz CT molecular complexity index is 617. The number of rotatable bonds is 8. The molecule has 0 fully saturated rings. The first kappa shape index (κ1) is 19.3. The number of aliphatic imine (C=N–C) groups is 1. The average molecular weight is 339 g/mol. The summed E-state index contributed by atoms with van der Waals surface area (Å²) < 4.78 is 40.0. The Kier molecular flexibility index (Phi) is 7.61. The van der Waals surface area contributed by atoms with Crippen molar-refractivity contribution in [1.29, 1.82) is 0 Å². The highest BCUT2D eigenvalue weighted by Crippen LogP contribution is 2.22. The number of allylic oxidation sites excluding steroid dienone is 2. The standard InChI is InChI=1S/C17H20F3N3O/c1-3-14(16(21)22-2)5-4-11-23-12-10-13-6-8-15(9-7-13)24-17(18,19)20/h3-9,11,23H,1,10,12H2,2H3,(H2,21,22)/b11-4+,14-5-. The van der Waals surface area contributed by atoms with Crippen molar-refractivity contribution in [2.24, 2.45) is 10.7 Å². The maximum absolute atomic E-state index is 12.1. The van der Waals surface area contributed by atoms with Gasteiger partial charge in [-0.1, -0.05) is 24.8 Å². The molecule has 0 saturated heterocycles. The number of nitrogens with one attached hydrogen (secondary N) is 1. The topological polar surface area (TPSA) is 59.6 Å². The quantitative estimate of drug-likeness (QED) is 0.331. The van der Waals surface area contributed by atoms with E-state index >= 15 is 0 Å². The molecule has 1 rings (SSSR count). The molecule has 0 spiro atoms. The zero-order valence-electron chi connectivity index (χ0n) is 13.3. The molecule has 1 aromatic rings. The number of halogens is 3. The summed E-state index contributed by atoms with van der Waals surface area (Å²) in [6.45, 7) is 4.28. The molecule has 130 valence electrons. The molecule has 4 nitrogen and oxygen atoms in total. The molecule has 3 N–H and O–H groups in total. The molecule has 0 radical (unpaired) electrons. The van der Waals surface area contributed by atoms with Crippen LogP contribution in [0.15, 0.2) is 65.8 Å². The van der Waals surface area contributed by atoms with Crippen LogP contribution in [-0.4, -0.2) is 25.8 Å². The summed E-state index contributed by atoms with van der Waals surface area (Å²) in [6, 6.07) is 5.79. The van der Waals surface area contributed by atoms with E-state index < -0.39 is 6.36 Å². The normalized spacial score (nSPS) is 13.2. The van der Waals surface area contributed by atoms with Crippen molar-refractivity contribution in [2.45, 2.75) is 12.8 Å². The lowest BCUT2D eigenvalue weighted by molar-refractivity contribution is -0.274. The molecule has 0 bridgehead atoms. The number of amidine groups is 1. The fourth-order valence-electron chi connectivity index (χ4n) is 1.76. The van der Waals surface area contributed by atoms with Gasteiger partial charge in [-0.2, -0.15) is 0 Å². The van der Waals surface area contributed by atoms with E-state index in [1.807, 2.05) is 0 Å². The van der Waals surface area contributed by atoms with Crippen molar-refractivity contribution in [3.05, 3.63) is 66.4 Å². The van der Waals surface area contributed by atoms with Gasteiger partial charge in [0.25, 0.3) is 0 Å².